The van der Waals surface area contributed by atoms with E-state index in [1.54, 1.807) is 56.6 Å². The van der Waals surface area contributed by atoms with E-state index in [9.17, 15) is 14.4 Å². The molecule has 7 nitrogen and oxygen atoms in total. The van der Waals surface area contributed by atoms with Crippen molar-refractivity contribution in [3.63, 3.8) is 0 Å². The van der Waals surface area contributed by atoms with Gasteiger partial charge in [0, 0.05) is 30.2 Å². The lowest BCUT2D eigenvalue weighted by atomic mass is 10.1. The smallest absolute Gasteiger partial charge is 0.280 e. The number of Topliss-reactive ketones (excluding diaryl/α,β-unsaturated/α-hetero) is 2. The molecule has 0 unspecified atom stereocenters. The second kappa shape index (κ2) is 11.2. The van der Waals surface area contributed by atoms with Crippen LogP contribution in [0.2, 0.25) is 10.0 Å². The predicted molar refractivity (Wildman–Crippen MR) is 144 cm³/mol. The van der Waals surface area contributed by atoms with Crippen LogP contribution in [0.5, 0.6) is 0 Å². The van der Waals surface area contributed by atoms with E-state index in [1.807, 2.05) is 12.1 Å². The van der Waals surface area contributed by atoms with Gasteiger partial charge in [0.15, 0.2) is 11.6 Å². The lowest BCUT2D eigenvalue weighted by Crippen LogP contribution is -2.20. The Morgan fingerprint density at radius 3 is 2.53 bits per heavy atom. The van der Waals surface area contributed by atoms with Crippen molar-refractivity contribution in [1.29, 1.82) is 0 Å². The van der Waals surface area contributed by atoms with Crippen molar-refractivity contribution >= 4 is 51.8 Å². The van der Waals surface area contributed by atoms with E-state index in [-0.39, 0.29) is 23.7 Å². The third-order valence-electron chi connectivity index (χ3n) is 5.57. The predicted octanol–water partition coefficient (Wildman–Crippen LogP) is 5.74. The zero-order valence-electron chi connectivity index (χ0n) is 19.5. The standard InChI is InChI=1S/C26H22Cl2N4O3S/c1-15(25-16(2)31-32(26(25)35)18-6-7-19(27)20(28)12-18)30-14-22(34)24-10-9-23(36-24)21(33)8-5-17-4-3-11-29-13-17/h3-4,6-7,9-13,31H,5,8,14H2,1-2H3. The maximum absolute atomic E-state index is 13.0. The molecule has 4 rings (SSSR count). The molecule has 3 aromatic heterocycles. The van der Waals surface area contributed by atoms with Gasteiger partial charge in [0.25, 0.3) is 5.56 Å². The van der Waals surface area contributed by atoms with Crippen LogP contribution in [0.4, 0.5) is 0 Å². The summed E-state index contributed by atoms with van der Waals surface area (Å²) in [5, 5.41) is 3.73. The van der Waals surface area contributed by atoms with Gasteiger partial charge >= 0.3 is 0 Å². The number of benzene rings is 1. The molecular formula is C26H22Cl2N4O3S. The SMILES string of the molecule is CC(=NCC(=O)c1ccc(C(=O)CCc2cccnc2)s1)c1c(C)[nH]n(-c2ccc(Cl)c(Cl)c2)c1=O. The maximum Gasteiger partial charge on any atom is 0.280 e. The van der Waals surface area contributed by atoms with Crippen molar-refractivity contribution < 1.29 is 9.59 Å². The molecule has 0 aliphatic rings. The highest BCUT2D eigenvalue weighted by Gasteiger charge is 2.17. The zero-order valence-corrected chi connectivity index (χ0v) is 21.9. The molecule has 0 fully saturated rings. The summed E-state index contributed by atoms with van der Waals surface area (Å²) in [6, 6.07) is 12.0. The van der Waals surface area contributed by atoms with Gasteiger partial charge in [-0.25, -0.2) is 4.68 Å². The van der Waals surface area contributed by atoms with Crippen LogP contribution in [0.1, 0.15) is 49.5 Å². The van der Waals surface area contributed by atoms with Gasteiger partial charge in [0.05, 0.1) is 31.1 Å². The number of aromatic amines is 1. The highest BCUT2D eigenvalue weighted by atomic mass is 35.5. The number of ketones is 2. The summed E-state index contributed by atoms with van der Waals surface area (Å²) in [5.74, 6) is -0.239. The minimum Gasteiger partial charge on any atom is -0.295 e. The highest BCUT2D eigenvalue weighted by molar-refractivity contribution is 7.16. The van der Waals surface area contributed by atoms with Crippen molar-refractivity contribution in [2.45, 2.75) is 26.7 Å². The first kappa shape index (κ1) is 25.8. The highest BCUT2D eigenvalue weighted by Crippen LogP contribution is 2.24. The van der Waals surface area contributed by atoms with E-state index < -0.39 is 0 Å². The Balaban J connectivity index is 1.44. The topological polar surface area (TPSA) is 97.2 Å². The number of hydrogen-bond acceptors (Lipinski definition) is 6. The third kappa shape index (κ3) is 5.73. The van der Waals surface area contributed by atoms with Crippen LogP contribution in [0.25, 0.3) is 5.69 Å². The number of rotatable bonds is 9. The zero-order chi connectivity index (χ0) is 25.8. The molecule has 0 saturated carbocycles. The molecule has 0 saturated heterocycles. The number of aryl methyl sites for hydroxylation is 2. The Morgan fingerprint density at radius 1 is 1.08 bits per heavy atom. The monoisotopic (exact) mass is 540 g/mol. The Labute approximate surface area is 221 Å². The van der Waals surface area contributed by atoms with Crippen molar-refractivity contribution in [3.8, 4) is 5.69 Å². The fraction of sp³-hybridized carbons (Fsp3) is 0.192. The molecule has 0 spiro atoms. The first-order valence-electron chi connectivity index (χ1n) is 11.1. The molecule has 1 N–H and O–H groups in total. The molecule has 0 aliphatic carbocycles. The lowest BCUT2D eigenvalue weighted by molar-refractivity contribution is 0.0984. The van der Waals surface area contributed by atoms with Crippen molar-refractivity contribution in [1.82, 2.24) is 14.8 Å². The average Bonchev–Trinajstić information content (AvgIpc) is 3.48. The van der Waals surface area contributed by atoms with Crippen LogP contribution in [0, 0.1) is 6.92 Å². The molecule has 36 heavy (non-hydrogen) atoms. The van der Waals surface area contributed by atoms with E-state index in [1.165, 1.54) is 4.68 Å². The van der Waals surface area contributed by atoms with E-state index in [0.29, 0.717) is 55.3 Å². The summed E-state index contributed by atoms with van der Waals surface area (Å²) in [6.45, 7) is 3.31. The molecule has 0 aliphatic heterocycles. The number of pyridine rings is 1. The largest absolute Gasteiger partial charge is 0.295 e. The fourth-order valence-corrected chi connectivity index (χ4v) is 4.89. The number of nitrogens with zero attached hydrogens (tertiary/aromatic N) is 3. The first-order chi connectivity index (χ1) is 17.2. The fourth-order valence-electron chi connectivity index (χ4n) is 3.69. The quantitative estimate of drug-likeness (QED) is 0.216. The van der Waals surface area contributed by atoms with Gasteiger partial charge in [0.1, 0.15) is 6.54 Å². The van der Waals surface area contributed by atoms with Gasteiger partial charge in [-0.2, -0.15) is 0 Å². The maximum atomic E-state index is 13.0. The van der Waals surface area contributed by atoms with Crippen LogP contribution in [-0.2, 0) is 6.42 Å². The van der Waals surface area contributed by atoms with Gasteiger partial charge in [0.2, 0.25) is 0 Å². The number of aliphatic imine (C=N–C) groups is 1. The third-order valence-corrected chi connectivity index (χ3v) is 7.48. The molecule has 0 radical (unpaired) electrons. The number of H-pyrrole nitrogens is 1. The van der Waals surface area contributed by atoms with Gasteiger partial charge in [-0.15, -0.1) is 11.3 Å². The second-order valence-electron chi connectivity index (χ2n) is 8.12. The summed E-state index contributed by atoms with van der Waals surface area (Å²) < 4.78 is 1.36. The molecule has 10 heteroatoms. The minimum absolute atomic E-state index is 0.0200. The Hall–Kier alpha value is -3.33. The van der Waals surface area contributed by atoms with Gasteiger partial charge in [-0.1, -0.05) is 29.3 Å². The van der Waals surface area contributed by atoms with Crippen molar-refractivity contribution in [3.05, 3.63) is 102 Å². The molecule has 0 amide bonds. The van der Waals surface area contributed by atoms with Gasteiger partial charge < -0.3 is 0 Å². The Morgan fingerprint density at radius 2 is 1.83 bits per heavy atom. The number of carbonyl (C=O) groups excluding carboxylic acids is 2. The van der Waals surface area contributed by atoms with Crippen LogP contribution in [0.15, 0.2) is 64.6 Å². The van der Waals surface area contributed by atoms with Crippen LogP contribution in [0.3, 0.4) is 0 Å². The number of thiophene rings is 1. The molecule has 1 aromatic carbocycles. The van der Waals surface area contributed by atoms with Gasteiger partial charge in [-0.05, 0) is 62.2 Å². The van der Waals surface area contributed by atoms with E-state index in [2.05, 4.69) is 15.1 Å². The van der Waals surface area contributed by atoms with Gasteiger partial charge in [-0.3, -0.25) is 29.5 Å². The van der Waals surface area contributed by atoms with Crippen LogP contribution >= 0.6 is 34.5 Å². The summed E-state index contributed by atoms with van der Waals surface area (Å²) in [5.41, 5.74) is 2.64. The molecule has 3 heterocycles. The molecular weight excluding hydrogens is 519 g/mol. The summed E-state index contributed by atoms with van der Waals surface area (Å²) >= 11 is 13.2. The molecule has 184 valence electrons. The molecule has 0 bridgehead atoms. The lowest BCUT2D eigenvalue weighted by Gasteiger charge is -2.03. The summed E-state index contributed by atoms with van der Waals surface area (Å²) in [7, 11) is 0. The number of nitrogens with one attached hydrogen (secondary N) is 1. The average molecular weight is 541 g/mol. The number of carbonyl (C=O) groups is 2. The Kier molecular flexibility index (Phi) is 7.98. The van der Waals surface area contributed by atoms with Crippen molar-refractivity contribution in [2.75, 3.05) is 6.54 Å². The van der Waals surface area contributed by atoms with E-state index >= 15 is 0 Å². The molecule has 0 atom stereocenters. The van der Waals surface area contributed by atoms with Crippen LogP contribution in [-0.4, -0.2) is 38.6 Å². The number of hydrogen-bond donors (Lipinski definition) is 1. The first-order valence-corrected chi connectivity index (χ1v) is 12.7. The van der Waals surface area contributed by atoms with Crippen LogP contribution < -0.4 is 5.56 Å². The van der Waals surface area contributed by atoms with Crippen molar-refractivity contribution in [2.24, 2.45) is 4.99 Å². The number of aromatic nitrogens is 3. The number of halogens is 2. The van der Waals surface area contributed by atoms with E-state index in [4.69, 9.17) is 23.2 Å². The summed E-state index contributed by atoms with van der Waals surface area (Å²) in [6.07, 6.45) is 4.36. The minimum atomic E-state index is -0.308. The summed E-state index contributed by atoms with van der Waals surface area (Å²) in [4.78, 5) is 47.7. The van der Waals surface area contributed by atoms with E-state index in [0.717, 1.165) is 16.9 Å². The Bertz CT molecular complexity index is 1520. The second-order valence-corrected chi connectivity index (χ2v) is 10.0. The molecule has 4 aromatic rings. The normalized spacial score (nSPS) is 11.6.